The molecule has 1 saturated heterocycles. The number of aliphatic hydroxyl groups is 6. The number of aromatic amines is 1. The molecular weight excluding hydrogens is 949 g/mol. The normalized spacial score (nSPS) is 31.9. The Balaban J connectivity index is 1.09. The second-order valence-electron chi connectivity index (χ2n) is 20.0. The van der Waals surface area contributed by atoms with Gasteiger partial charge in [-0.3, -0.25) is 9.59 Å². The molecule has 1 saturated carbocycles. The van der Waals surface area contributed by atoms with Crippen LogP contribution < -0.4 is 34.7 Å². The van der Waals surface area contributed by atoms with Crippen molar-refractivity contribution in [2.75, 3.05) is 13.4 Å². The summed E-state index contributed by atoms with van der Waals surface area (Å²) in [6.07, 6.45) is -4.28. The van der Waals surface area contributed by atoms with Crippen LogP contribution in [0.1, 0.15) is 83.6 Å². The number of H-pyrrole nitrogens is 1. The van der Waals surface area contributed by atoms with Crippen molar-refractivity contribution in [3.63, 3.8) is 0 Å². The van der Waals surface area contributed by atoms with E-state index in [1.54, 1.807) is 18.3 Å². The molecule has 1 aliphatic carbocycles. The molecule has 7 aliphatic rings. The number of hydrogen-bond donors (Lipinski definition) is 10. The highest BCUT2D eigenvalue weighted by Crippen LogP contribution is 2.64. The lowest BCUT2D eigenvalue weighted by Gasteiger charge is -2.59. The van der Waals surface area contributed by atoms with Gasteiger partial charge in [0.25, 0.3) is 0 Å². The lowest BCUT2D eigenvalue weighted by Crippen LogP contribution is -2.80. The highest BCUT2D eigenvalue weighted by atomic mass is 16.7. The van der Waals surface area contributed by atoms with Gasteiger partial charge < -0.3 is 89.5 Å². The molecule has 2 aromatic heterocycles. The van der Waals surface area contributed by atoms with Crippen molar-refractivity contribution in [3.05, 3.63) is 113 Å². The number of carboxylic acid groups (broad SMARTS) is 1. The average molecular weight is 1000 g/mol. The van der Waals surface area contributed by atoms with Crippen LogP contribution in [0.5, 0.6) is 28.7 Å². The molecule has 0 amide bonds. The second kappa shape index (κ2) is 17.7. The van der Waals surface area contributed by atoms with E-state index in [9.17, 15) is 45.3 Å². The zero-order valence-corrected chi connectivity index (χ0v) is 39.2. The molecule has 2 spiro atoms. The number of aliphatic hydroxyl groups excluding tert-OH is 5. The number of aliphatic carboxylic acids is 1. The van der Waals surface area contributed by atoms with Gasteiger partial charge in [0.15, 0.2) is 35.6 Å². The van der Waals surface area contributed by atoms with E-state index >= 15 is 0 Å². The number of ether oxygens (including phenoxy) is 7. The topological polar surface area (TPSA) is 299 Å². The molecule has 11 N–H and O–H groups in total. The van der Waals surface area contributed by atoms with E-state index in [1.165, 1.54) is 12.3 Å². The van der Waals surface area contributed by atoms with Gasteiger partial charge in [0.05, 0.1) is 29.7 Å². The Labute approximate surface area is 416 Å². The van der Waals surface area contributed by atoms with Crippen molar-refractivity contribution in [1.29, 1.82) is 0 Å². The van der Waals surface area contributed by atoms with Crippen LogP contribution >= 0.6 is 0 Å². The summed E-state index contributed by atoms with van der Waals surface area (Å²) in [5.74, 6) is 3.45. The number of carbonyl (C=O) groups is 2. The summed E-state index contributed by atoms with van der Waals surface area (Å²) in [5, 5.41) is 83.9. The molecule has 5 aromatic rings. The van der Waals surface area contributed by atoms with Gasteiger partial charge in [0, 0.05) is 52.5 Å². The van der Waals surface area contributed by atoms with Crippen LogP contribution in [-0.2, 0) is 38.6 Å². The molecule has 6 aliphatic heterocycles. The molecule has 20 nitrogen and oxygen atoms in total. The van der Waals surface area contributed by atoms with Gasteiger partial charge in [-0.2, -0.15) is 0 Å². The fourth-order valence-electron chi connectivity index (χ4n) is 12.8. The van der Waals surface area contributed by atoms with Crippen molar-refractivity contribution < 1.29 is 78.5 Å². The first kappa shape index (κ1) is 47.2. The number of hydrogen-bond acceptors (Lipinski definition) is 17. The SMILES string of the molecule is NC1NC=CC2(OC3Oc4cc5c(c(Cn6cc7cc[nH]c7c6CO)c4CC4(CCCC4)C3(O)C(O)C2O)C2Oc3c4ccc(OCO)c3OCC(O)C#CC(c3ccccc3)C(O5)C42)C1OC(=O)CC(=O)O. The number of carboxylic acids is 1. The van der Waals surface area contributed by atoms with Gasteiger partial charge in [-0.15, -0.1) is 0 Å². The number of nitrogens with zero attached hydrogens (tertiary/aromatic N) is 1. The first-order chi connectivity index (χ1) is 35.3. The molecule has 3 aromatic carbocycles. The maximum Gasteiger partial charge on any atom is 0.317 e. The molecule has 12 atom stereocenters. The summed E-state index contributed by atoms with van der Waals surface area (Å²) in [6, 6.07) is 16.6. The third-order valence-corrected chi connectivity index (χ3v) is 16.1. The van der Waals surface area contributed by atoms with Crippen molar-refractivity contribution in [1.82, 2.24) is 14.9 Å². The second-order valence-corrected chi connectivity index (χ2v) is 20.0. The molecule has 73 heavy (non-hydrogen) atoms. The number of fused-ring (bicyclic) bond motifs is 6. The largest absolute Gasteiger partial charge is 0.487 e. The van der Waals surface area contributed by atoms with Crippen LogP contribution in [0.4, 0.5) is 0 Å². The molecule has 20 heteroatoms. The van der Waals surface area contributed by atoms with Gasteiger partial charge in [-0.05, 0) is 54.8 Å². The van der Waals surface area contributed by atoms with Crippen molar-refractivity contribution in [2.24, 2.45) is 11.1 Å². The minimum absolute atomic E-state index is 0.0756. The lowest BCUT2D eigenvalue weighted by molar-refractivity contribution is -0.377. The smallest absolute Gasteiger partial charge is 0.317 e. The van der Waals surface area contributed by atoms with Crippen molar-refractivity contribution in [3.8, 4) is 40.6 Å². The monoisotopic (exact) mass is 1000 g/mol. The third kappa shape index (κ3) is 7.20. The summed E-state index contributed by atoms with van der Waals surface area (Å²) in [6.45, 7) is -1.17. The zero-order chi connectivity index (χ0) is 50.6. The average Bonchev–Trinajstić information content (AvgIpc) is 4.19. The number of nitrogens with one attached hydrogen (secondary N) is 2. The van der Waals surface area contributed by atoms with Crippen LogP contribution in [-0.4, -0.2) is 125 Å². The maximum absolute atomic E-state index is 13.5. The predicted molar refractivity (Wildman–Crippen MR) is 253 cm³/mol. The van der Waals surface area contributed by atoms with Gasteiger partial charge in [-0.25, -0.2) is 0 Å². The lowest BCUT2D eigenvalue weighted by atomic mass is 9.60. The van der Waals surface area contributed by atoms with Crippen molar-refractivity contribution in [2.45, 2.75) is 124 Å². The van der Waals surface area contributed by atoms with Gasteiger partial charge in [-0.1, -0.05) is 61.1 Å². The summed E-state index contributed by atoms with van der Waals surface area (Å²) in [5.41, 5.74) is 5.31. The fraction of sp³-hybridized carbons (Fsp3) is 0.434. The highest BCUT2D eigenvalue weighted by Gasteiger charge is 2.73. The number of benzene rings is 3. The predicted octanol–water partition coefficient (Wildman–Crippen LogP) is 2.19. The Morgan fingerprint density at radius 2 is 1.77 bits per heavy atom. The molecule has 4 bridgehead atoms. The van der Waals surface area contributed by atoms with Gasteiger partial charge in [0.2, 0.25) is 12.0 Å². The molecule has 8 heterocycles. The Morgan fingerprint density at radius 1 is 0.959 bits per heavy atom. The van der Waals surface area contributed by atoms with Crippen molar-refractivity contribution >= 4 is 22.8 Å². The number of nitrogens with two attached hydrogens (primary N) is 1. The molecule has 12 rings (SSSR count). The van der Waals surface area contributed by atoms with E-state index < -0.39 is 103 Å². The summed E-state index contributed by atoms with van der Waals surface area (Å²) in [7, 11) is 0. The first-order valence-corrected chi connectivity index (χ1v) is 24.4. The number of esters is 1. The van der Waals surface area contributed by atoms with Crippen LogP contribution in [0.2, 0.25) is 0 Å². The molecule has 0 radical (unpaired) electrons. The molecule has 382 valence electrons. The Kier molecular flexibility index (Phi) is 11.5. The fourth-order valence-corrected chi connectivity index (χ4v) is 12.8. The molecular formula is C53H54N4O16. The minimum atomic E-state index is -2.35. The van der Waals surface area contributed by atoms with E-state index in [4.69, 9.17) is 38.9 Å². The quantitative estimate of drug-likeness (QED) is 0.0438. The summed E-state index contributed by atoms with van der Waals surface area (Å²) < 4.78 is 47.9. The van der Waals surface area contributed by atoms with E-state index in [1.807, 2.05) is 53.2 Å². The summed E-state index contributed by atoms with van der Waals surface area (Å²) in [4.78, 5) is 27.9. The molecule has 2 fully saturated rings. The Bertz CT molecular complexity index is 3100. The van der Waals surface area contributed by atoms with Gasteiger partial charge in [0.1, 0.15) is 61.2 Å². The van der Waals surface area contributed by atoms with E-state index in [2.05, 4.69) is 22.1 Å². The van der Waals surface area contributed by atoms with Crippen LogP contribution in [0.25, 0.3) is 10.9 Å². The van der Waals surface area contributed by atoms with Crippen LogP contribution in [0.15, 0.2) is 79.3 Å². The number of aromatic nitrogens is 2. The first-order valence-electron chi connectivity index (χ1n) is 24.4. The minimum Gasteiger partial charge on any atom is -0.487 e. The number of carbonyl (C=O) groups excluding carboxylic acids is 1. The van der Waals surface area contributed by atoms with Crippen LogP contribution in [0, 0.1) is 17.3 Å². The maximum atomic E-state index is 13.5. The summed E-state index contributed by atoms with van der Waals surface area (Å²) >= 11 is 0. The van der Waals surface area contributed by atoms with Gasteiger partial charge >= 0.3 is 11.9 Å². The van der Waals surface area contributed by atoms with E-state index in [0.29, 0.717) is 65.1 Å². The van der Waals surface area contributed by atoms with E-state index in [-0.39, 0.29) is 43.4 Å². The standard InChI is InChI=1S/C53H54N4O16/c54-49-48(71-38(63)19-37(61)62)52(15-17-56-49)46(64)47(65)53(66)50(73-52)70-35-18-36-39(32(31(35)20-51(53)13-4-5-14-51)22-57-21-27-12-16-55-41(27)33(57)23-58)45-40-30-10-11-34(68-25-59)44(43(30)72-45)67-24-28(60)8-9-29(42(40)69-36)26-6-2-1-3-7-26/h1-3,6-7,10-12,15-18,21,28-29,40,42,45-50,55-56,58-60,64-66H,4-5,13-14,19-20,22-25,54H2,(H,61,62). The molecule has 12 unspecified atom stereocenters. The highest BCUT2D eigenvalue weighted by molar-refractivity contribution is 5.90. The third-order valence-electron chi connectivity index (χ3n) is 16.1. The zero-order valence-electron chi connectivity index (χ0n) is 39.2. The van der Waals surface area contributed by atoms with Crippen LogP contribution in [0.3, 0.4) is 0 Å². The number of rotatable bonds is 9. The van der Waals surface area contributed by atoms with E-state index in [0.717, 1.165) is 16.5 Å². The Hall–Kier alpha value is -6.80. The Morgan fingerprint density at radius 3 is 2.53 bits per heavy atom.